The quantitative estimate of drug-likeness (QED) is 0.781. The monoisotopic (exact) mass is 283 g/mol. The number of amides is 1. The molecule has 0 spiro atoms. The van der Waals surface area contributed by atoms with Crippen LogP contribution in [0.2, 0.25) is 0 Å². The first-order valence-electron chi connectivity index (χ1n) is 6.42. The Hall–Kier alpha value is -1.06. The molecular formula is C15H22ClNO2. The molecule has 1 unspecified atom stereocenters. The molecule has 0 fully saturated rings. The van der Waals surface area contributed by atoms with E-state index in [0.29, 0.717) is 13.2 Å². The molecule has 106 valence electrons. The van der Waals surface area contributed by atoms with Crippen LogP contribution in [0.5, 0.6) is 0 Å². The number of hydrogen-bond donors (Lipinski definition) is 1. The lowest BCUT2D eigenvalue weighted by atomic mass is 9.89. The third-order valence-corrected chi connectivity index (χ3v) is 3.50. The van der Waals surface area contributed by atoms with E-state index in [9.17, 15) is 4.79 Å². The van der Waals surface area contributed by atoms with Gasteiger partial charge in [-0.15, -0.1) is 11.6 Å². The number of methoxy groups -OCH3 is 1. The lowest BCUT2D eigenvalue weighted by Crippen LogP contribution is -2.36. The lowest BCUT2D eigenvalue weighted by molar-refractivity contribution is -0.121. The minimum Gasteiger partial charge on any atom is -0.385 e. The number of carbonyl (C=O) groups excluding carboxylic acids is 1. The van der Waals surface area contributed by atoms with Gasteiger partial charge in [0, 0.05) is 20.3 Å². The average molecular weight is 284 g/mol. The maximum atomic E-state index is 12.0. The maximum Gasteiger partial charge on any atom is 0.242 e. The molecule has 0 aliphatic heterocycles. The van der Waals surface area contributed by atoms with Crippen molar-refractivity contribution in [3.8, 4) is 0 Å². The molecule has 19 heavy (non-hydrogen) atoms. The summed E-state index contributed by atoms with van der Waals surface area (Å²) < 4.78 is 5.06. The highest BCUT2D eigenvalue weighted by Crippen LogP contribution is 2.22. The fourth-order valence-corrected chi connectivity index (χ4v) is 1.88. The summed E-state index contributed by atoms with van der Waals surface area (Å²) in [6.45, 7) is 5.47. The van der Waals surface area contributed by atoms with Gasteiger partial charge in [-0.1, -0.05) is 44.2 Å². The molecule has 0 saturated carbocycles. The molecule has 0 bridgehead atoms. The Balaban J connectivity index is 2.47. The minimum absolute atomic E-state index is 0.00103. The van der Waals surface area contributed by atoms with Crippen LogP contribution < -0.4 is 5.32 Å². The van der Waals surface area contributed by atoms with Crippen LogP contribution in [0.1, 0.15) is 31.2 Å². The molecule has 1 amide bonds. The van der Waals surface area contributed by atoms with Crippen LogP contribution in [0.25, 0.3) is 0 Å². The summed E-state index contributed by atoms with van der Waals surface area (Å²) in [5.74, 6) is -0.154. The van der Waals surface area contributed by atoms with Gasteiger partial charge in [0.05, 0.1) is 0 Å². The van der Waals surface area contributed by atoms with Gasteiger partial charge in [0.15, 0.2) is 0 Å². The Morgan fingerprint density at radius 3 is 2.58 bits per heavy atom. The maximum absolute atomic E-state index is 12.0. The number of ether oxygens (including phenoxy) is 1. The molecule has 0 radical (unpaired) electrons. The Labute approximate surface area is 120 Å². The van der Waals surface area contributed by atoms with Crippen LogP contribution in [0.4, 0.5) is 0 Å². The average Bonchev–Trinajstić information content (AvgIpc) is 2.43. The third kappa shape index (κ3) is 5.62. The highest BCUT2D eigenvalue weighted by molar-refractivity contribution is 6.30. The molecule has 4 heteroatoms. The summed E-state index contributed by atoms with van der Waals surface area (Å²) in [4.78, 5) is 12.0. The number of rotatable bonds is 7. The first-order valence-corrected chi connectivity index (χ1v) is 6.85. The van der Waals surface area contributed by atoms with E-state index >= 15 is 0 Å². The third-order valence-electron chi connectivity index (χ3n) is 3.05. The Kier molecular flexibility index (Phi) is 6.32. The van der Waals surface area contributed by atoms with Crippen molar-refractivity contribution in [1.29, 1.82) is 0 Å². The van der Waals surface area contributed by atoms with E-state index in [-0.39, 0.29) is 11.3 Å². The van der Waals surface area contributed by atoms with Crippen molar-refractivity contribution in [2.24, 2.45) is 5.41 Å². The van der Waals surface area contributed by atoms with Gasteiger partial charge in [-0.25, -0.2) is 0 Å². The number of nitrogens with one attached hydrogen (secondary N) is 1. The van der Waals surface area contributed by atoms with E-state index in [1.54, 1.807) is 7.11 Å². The molecule has 1 aromatic rings. The first-order chi connectivity index (χ1) is 8.96. The molecule has 1 N–H and O–H groups in total. The highest BCUT2D eigenvalue weighted by atomic mass is 35.5. The smallest absolute Gasteiger partial charge is 0.242 e. The number of benzene rings is 1. The van der Waals surface area contributed by atoms with Crippen molar-refractivity contribution in [3.63, 3.8) is 0 Å². The van der Waals surface area contributed by atoms with E-state index in [2.05, 4.69) is 19.2 Å². The van der Waals surface area contributed by atoms with Crippen LogP contribution in [-0.2, 0) is 9.53 Å². The van der Waals surface area contributed by atoms with Crippen LogP contribution in [0.15, 0.2) is 30.3 Å². The summed E-state index contributed by atoms with van der Waals surface area (Å²) in [5, 5.41) is 2.26. The van der Waals surface area contributed by atoms with Gasteiger partial charge in [-0.3, -0.25) is 4.79 Å². The molecule has 3 nitrogen and oxygen atoms in total. The molecule has 1 rings (SSSR count). The Morgan fingerprint density at radius 2 is 2.00 bits per heavy atom. The molecule has 0 aliphatic rings. The van der Waals surface area contributed by atoms with Gasteiger partial charge < -0.3 is 10.1 Å². The summed E-state index contributed by atoms with van der Waals surface area (Å²) in [6, 6.07) is 9.36. The van der Waals surface area contributed by atoms with E-state index < -0.39 is 5.38 Å². The first kappa shape index (κ1) is 16.0. The minimum atomic E-state index is -0.639. The van der Waals surface area contributed by atoms with Gasteiger partial charge >= 0.3 is 0 Å². The predicted octanol–water partition coefficient (Wildman–Crippen LogP) is 3.15. The summed E-state index contributed by atoms with van der Waals surface area (Å²) in [6.07, 6.45) is 0.891. The van der Waals surface area contributed by atoms with Crippen LogP contribution in [-0.4, -0.2) is 26.2 Å². The van der Waals surface area contributed by atoms with Crippen molar-refractivity contribution in [2.75, 3.05) is 20.3 Å². The fraction of sp³-hybridized carbons (Fsp3) is 0.533. The zero-order valence-corrected chi connectivity index (χ0v) is 12.5. The van der Waals surface area contributed by atoms with Gasteiger partial charge in [-0.05, 0) is 17.4 Å². The van der Waals surface area contributed by atoms with Gasteiger partial charge in [0.25, 0.3) is 0 Å². The second-order valence-corrected chi connectivity index (χ2v) is 5.83. The number of alkyl halides is 1. The fourth-order valence-electron chi connectivity index (χ4n) is 1.66. The molecule has 0 aliphatic carbocycles. The van der Waals surface area contributed by atoms with E-state index in [1.165, 1.54) is 0 Å². The molecule has 1 atom stereocenters. The Bertz CT molecular complexity index is 392. The number of halogens is 1. The topological polar surface area (TPSA) is 38.3 Å². The number of hydrogen-bond acceptors (Lipinski definition) is 2. The van der Waals surface area contributed by atoms with E-state index in [0.717, 1.165) is 12.0 Å². The molecule has 0 aromatic heterocycles. The Morgan fingerprint density at radius 1 is 1.37 bits per heavy atom. The zero-order valence-electron chi connectivity index (χ0n) is 11.8. The summed E-state index contributed by atoms with van der Waals surface area (Å²) >= 11 is 6.15. The standard InChI is InChI=1S/C15H22ClNO2/c1-15(2,9-10-19-3)11-17-14(18)13(16)12-7-5-4-6-8-12/h4-8,13H,9-11H2,1-3H3,(H,17,18). The molecule has 1 aromatic carbocycles. The van der Waals surface area contributed by atoms with Crippen molar-refractivity contribution in [2.45, 2.75) is 25.6 Å². The van der Waals surface area contributed by atoms with Gasteiger partial charge in [0.1, 0.15) is 5.38 Å². The van der Waals surface area contributed by atoms with Crippen LogP contribution in [0, 0.1) is 5.41 Å². The van der Waals surface area contributed by atoms with Crippen molar-refractivity contribution in [3.05, 3.63) is 35.9 Å². The highest BCUT2D eigenvalue weighted by Gasteiger charge is 2.22. The van der Waals surface area contributed by atoms with Gasteiger partial charge in [0.2, 0.25) is 5.91 Å². The van der Waals surface area contributed by atoms with Crippen molar-refractivity contribution >= 4 is 17.5 Å². The summed E-state index contributed by atoms with van der Waals surface area (Å²) in [5.41, 5.74) is 0.815. The van der Waals surface area contributed by atoms with Crippen molar-refractivity contribution in [1.82, 2.24) is 5.32 Å². The normalized spacial score (nSPS) is 13.1. The largest absolute Gasteiger partial charge is 0.385 e. The predicted molar refractivity (Wildman–Crippen MR) is 78.3 cm³/mol. The van der Waals surface area contributed by atoms with E-state index in [1.807, 2.05) is 30.3 Å². The molecule has 0 saturated heterocycles. The lowest BCUT2D eigenvalue weighted by Gasteiger charge is -2.25. The summed E-state index contributed by atoms with van der Waals surface area (Å²) in [7, 11) is 1.68. The second kappa shape index (κ2) is 7.51. The van der Waals surface area contributed by atoms with E-state index in [4.69, 9.17) is 16.3 Å². The van der Waals surface area contributed by atoms with Gasteiger partial charge in [-0.2, -0.15) is 0 Å². The second-order valence-electron chi connectivity index (χ2n) is 5.40. The zero-order chi connectivity index (χ0) is 14.3. The van der Waals surface area contributed by atoms with Crippen molar-refractivity contribution < 1.29 is 9.53 Å². The van der Waals surface area contributed by atoms with Crippen LogP contribution >= 0.6 is 11.6 Å². The SMILES string of the molecule is COCCC(C)(C)CNC(=O)C(Cl)c1ccccc1. The molecule has 0 heterocycles. The number of carbonyl (C=O) groups is 1. The molecular weight excluding hydrogens is 262 g/mol. The van der Waals surface area contributed by atoms with Crippen LogP contribution in [0.3, 0.4) is 0 Å².